The van der Waals surface area contributed by atoms with Crippen molar-refractivity contribution < 1.29 is 8.42 Å². The Kier molecular flexibility index (Phi) is 2.96. The Morgan fingerprint density at radius 1 is 1.56 bits per heavy atom. The van der Waals surface area contributed by atoms with E-state index in [0.717, 1.165) is 9.97 Å². The highest BCUT2D eigenvalue weighted by molar-refractivity contribution is 7.89. The van der Waals surface area contributed by atoms with Gasteiger partial charge >= 0.3 is 0 Å². The van der Waals surface area contributed by atoms with E-state index in [1.165, 1.54) is 11.3 Å². The standard InChI is InChI=1S/C8H12N4O2S2/c1-3-16(13,14)9-4-7-5-12-8(10-7)15-6(2)11-12/h5,9H,3-4H2,1-2H3. The zero-order valence-corrected chi connectivity index (χ0v) is 10.6. The number of imidazole rings is 1. The highest BCUT2D eigenvalue weighted by atomic mass is 32.2. The van der Waals surface area contributed by atoms with Crippen LogP contribution in [0.4, 0.5) is 0 Å². The number of nitrogens with one attached hydrogen (secondary N) is 1. The lowest BCUT2D eigenvalue weighted by Gasteiger charge is -2.00. The van der Waals surface area contributed by atoms with E-state index >= 15 is 0 Å². The van der Waals surface area contributed by atoms with E-state index in [9.17, 15) is 8.42 Å². The normalized spacial score (nSPS) is 12.4. The molecule has 0 bridgehead atoms. The fourth-order valence-corrected chi connectivity index (χ4v) is 2.53. The summed E-state index contributed by atoms with van der Waals surface area (Å²) >= 11 is 1.48. The minimum atomic E-state index is -3.16. The lowest BCUT2D eigenvalue weighted by molar-refractivity contribution is 0.582. The van der Waals surface area contributed by atoms with Gasteiger partial charge in [-0.1, -0.05) is 11.3 Å². The highest BCUT2D eigenvalue weighted by Crippen LogP contribution is 2.13. The van der Waals surface area contributed by atoms with E-state index in [4.69, 9.17) is 0 Å². The number of aryl methyl sites for hydroxylation is 1. The molecule has 0 spiro atoms. The van der Waals surface area contributed by atoms with Gasteiger partial charge in [-0.3, -0.25) is 0 Å². The average Bonchev–Trinajstić information content (AvgIpc) is 2.71. The van der Waals surface area contributed by atoms with Crippen molar-refractivity contribution in [3.05, 3.63) is 16.9 Å². The van der Waals surface area contributed by atoms with Crippen molar-refractivity contribution in [1.29, 1.82) is 0 Å². The number of rotatable bonds is 4. The third-order valence-corrected chi connectivity index (χ3v) is 4.23. The van der Waals surface area contributed by atoms with Crippen molar-refractivity contribution in [3.63, 3.8) is 0 Å². The molecule has 0 atom stereocenters. The SMILES string of the molecule is CCS(=O)(=O)NCc1cn2nc(C)sc2n1. The molecular weight excluding hydrogens is 248 g/mol. The van der Waals surface area contributed by atoms with Gasteiger partial charge in [0.05, 0.1) is 24.2 Å². The van der Waals surface area contributed by atoms with Crippen LogP contribution in [-0.2, 0) is 16.6 Å². The Hall–Kier alpha value is -0.990. The van der Waals surface area contributed by atoms with Crippen molar-refractivity contribution in [2.45, 2.75) is 20.4 Å². The van der Waals surface area contributed by atoms with E-state index in [2.05, 4.69) is 14.8 Å². The first-order valence-corrected chi connectivity index (χ1v) is 7.26. The molecule has 0 aliphatic carbocycles. The minimum Gasteiger partial charge on any atom is -0.221 e. The molecular formula is C8H12N4O2S2. The van der Waals surface area contributed by atoms with Crippen LogP contribution in [0, 0.1) is 6.92 Å². The van der Waals surface area contributed by atoms with Gasteiger partial charge in [0.15, 0.2) is 0 Å². The lowest BCUT2D eigenvalue weighted by atomic mass is 10.5. The van der Waals surface area contributed by atoms with Crippen LogP contribution in [0.25, 0.3) is 4.96 Å². The summed E-state index contributed by atoms with van der Waals surface area (Å²) in [4.78, 5) is 5.04. The van der Waals surface area contributed by atoms with Crippen molar-refractivity contribution in [2.75, 3.05) is 5.75 Å². The van der Waals surface area contributed by atoms with Crippen molar-refractivity contribution >= 4 is 26.3 Å². The molecule has 2 heterocycles. The van der Waals surface area contributed by atoms with Crippen molar-refractivity contribution in [1.82, 2.24) is 19.3 Å². The largest absolute Gasteiger partial charge is 0.221 e. The topological polar surface area (TPSA) is 76.4 Å². The van der Waals surface area contributed by atoms with E-state index in [1.54, 1.807) is 17.6 Å². The second kappa shape index (κ2) is 4.11. The quantitative estimate of drug-likeness (QED) is 0.870. The Morgan fingerprint density at radius 2 is 2.31 bits per heavy atom. The zero-order valence-electron chi connectivity index (χ0n) is 8.97. The van der Waals surface area contributed by atoms with Gasteiger partial charge < -0.3 is 0 Å². The molecule has 88 valence electrons. The van der Waals surface area contributed by atoms with Crippen LogP contribution >= 0.6 is 11.3 Å². The molecule has 0 aliphatic heterocycles. The fraction of sp³-hybridized carbons (Fsp3) is 0.500. The van der Waals surface area contributed by atoms with Gasteiger partial charge in [0.25, 0.3) is 0 Å². The van der Waals surface area contributed by atoms with E-state index in [1.807, 2.05) is 6.92 Å². The molecule has 0 aromatic carbocycles. The van der Waals surface area contributed by atoms with Crippen LogP contribution in [0.3, 0.4) is 0 Å². The molecule has 0 saturated carbocycles. The van der Waals surface area contributed by atoms with Gasteiger partial charge in [-0.25, -0.2) is 22.6 Å². The van der Waals surface area contributed by atoms with Crippen molar-refractivity contribution in [2.24, 2.45) is 0 Å². The highest BCUT2D eigenvalue weighted by Gasteiger charge is 2.09. The monoisotopic (exact) mass is 260 g/mol. The summed E-state index contributed by atoms with van der Waals surface area (Å²) in [5.41, 5.74) is 0.677. The number of fused-ring (bicyclic) bond motifs is 1. The number of sulfonamides is 1. The molecule has 16 heavy (non-hydrogen) atoms. The molecule has 2 aromatic rings. The van der Waals surface area contributed by atoms with Crippen LogP contribution < -0.4 is 4.72 Å². The van der Waals surface area contributed by atoms with Gasteiger partial charge in [-0.05, 0) is 13.8 Å². The Balaban J connectivity index is 2.13. The smallest absolute Gasteiger partial charge is 0.212 e. The lowest BCUT2D eigenvalue weighted by Crippen LogP contribution is -2.24. The molecule has 0 radical (unpaired) electrons. The number of aromatic nitrogens is 3. The summed E-state index contributed by atoms with van der Waals surface area (Å²) in [6.45, 7) is 3.71. The predicted molar refractivity (Wildman–Crippen MR) is 61.9 cm³/mol. The molecule has 0 amide bonds. The summed E-state index contributed by atoms with van der Waals surface area (Å²) in [5, 5.41) is 5.13. The third kappa shape index (κ3) is 2.39. The average molecular weight is 260 g/mol. The molecule has 0 fully saturated rings. The predicted octanol–water partition coefficient (Wildman–Crippen LogP) is 0.539. The second-order valence-corrected chi connectivity index (χ2v) is 6.56. The molecule has 2 aromatic heterocycles. The van der Waals surface area contributed by atoms with E-state index in [0.29, 0.717) is 5.69 Å². The first-order chi connectivity index (χ1) is 7.50. The van der Waals surface area contributed by atoms with Crippen molar-refractivity contribution in [3.8, 4) is 0 Å². The maximum atomic E-state index is 11.2. The number of nitrogens with zero attached hydrogens (tertiary/aromatic N) is 3. The number of hydrogen-bond donors (Lipinski definition) is 1. The summed E-state index contributed by atoms with van der Waals surface area (Å²) in [5.74, 6) is 0.0760. The van der Waals surface area contributed by atoms with Gasteiger partial charge in [0, 0.05) is 0 Å². The van der Waals surface area contributed by atoms with Gasteiger partial charge in [-0.15, -0.1) is 0 Å². The van der Waals surface area contributed by atoms with Crippen LogP contribution in [0.15, 0.2) is 6.20 Å². The summed E-state index contributed by atoms with van der Waals surface area (Å²) < 4.78 is 26.6. The van der Waals surface area contributed by atoms with E-state index < -0.39 is 10.0 Å². The van der Waals surface area contributed by atoms with E-state index in [-0.39, 0.29) is 12.3 Å². The Morgan fingerprint density at radius 3 is 2.94 bits per heavy atom. The molecule has 0 aliphatic rings. The molecule has 8 heteroatoms. The molecule has 1 N–H and O–H groups in total. The maximum absolute atomic E-state index is 11.2. The first kappa shape index (κ1) is 11.5. The molecule has 0 unspecified atom stereocenters. The van der Waals surface area contributed by atoms with Crippen LogP contribution in [0.2, 0.25) is 0 Å². The Labute approximate surface area is 97.4 Å². The zero-order chi connectivity index (χ0) is 11.8. The molecule has 6 nitrogen and oxygen atoms in total. The van der Waals surface area contributed by atoms with Gasteiger partial charge in [-0.2, -0.15) is 5.10 Å². The summed E-state index contributed by atoms with van der Waals surface area (Å²) in [7, 11) is -3.16. The minimum absolute atomic E-state index is 0.0760. The first-order valence-electron chi connectivity index (χ1n) is 4.79. The van der Waals surface area contributed by atoms with Gasteiger partial charge in [0.1, 0.15) is 5.01 Å². The molecule has 0 saturated heterocycles. The maximum Gasteiger partial charge on any atom is 0.212 e. The second-order valence-electron chi connectivity index (χ2n) is 3.31. The summed E-state index contributed by atoms with van der Waals surface area (Å²) in [6.07, 6.45) is 1.73. The summed E-state index contributed by atoms with van der Waals surface area (Å²) in [6, 6.07) is 0. The van der Waals surface area contributed by atoms with Crippen LogP contribution in [0.1, 0.15) is 17.6 Å². The van der Waals surface area contributed by atoms with Crippen LogP contribution in [-0.4, -0.2) is 28.8 Å². The fourth-order valence-electron chi connectivity index (χ4n) is 1.22. The van der Waals surface area contributed by atoms with Crippen LogP contribution in [0.5, 0.6) is 0 Å². The Bertz CT molecular complexity index is 567. The molecule has 2 rings (SSSR count). The van der Waals surface area contributed by atoms with Gasteiger partial charge in [0.2, 0.25) is 15.0 Å². The third-order valence-electron chi connectivity index (χ3n) is 2.05. The number of hydrogen-bond acceptors (Lipinski definition) is 5.